The van der Waals surface area contributed by atoms with E-state index in [1.54, 1.807) is 18.7 Å². The highest BCUT2D eigenvalue weighted by molar-refractivity contribution is 5.87. The zero-order valence-electron chi connectivity index (χ0n) is 27.1. The summed E-state index contributed by atoms with van der Waals surface area (Å²) in [7, 11) is 0. The lowest BCUT2D eigenvalue weighted by Crippen LogP contribution is -2.59. The van der Waals surface area contributed by atoms with Gasteiger partial charge < -0.3 is 30.7 Å². The molecule has 46 heavy (non-hydrogen) atoms. The minimum atomic E-state index is -1.02. The smallest absolute Gasteiger partial charge is 0.318 e. The molecule has 0 spiro atoms. The van der Waals surface area contributed by atoms with Gasteiger partial charge in [-0.2, -0.15) is 0 Å². The maximum atomic E-state index is 13.8. The predicted molar refractivity (Wildman–Crippen MR) is 175 cm³/mol. The number of carbonyl (C=O) groups is 3. The standard InChI is InChI=1S/C35H46N6O5/c1-23(2)32(41-17-11-16-36-35(41)45)34(44)39-28(18-26-12-7-5-8-13-26)20-30(42)29(19-27-14-9-6-10-15-27)40-31(43)21-46-33-24(3)37-22-38-25(33)4/h5-10,12-15,22-23,28-30,32,42H,11,16-21H2,1-4H3,(H,36,45)(H,39,44)(H,40,43)/t28-,29-,30-,32-/m0/s1. The number of amides is 4. The lowest BCUT2D eigenvalue weighted by molar-refractivity contribution is -0.128. The number of aliphatic hydroxyl groups excluding tert-OH is 1. The third-order valence-corrected chi connectivity index (χ3v) is 8.16. The summed E-state index contributed by atoms with van der Waals surface area (Å²) >= 11 is 0. The molecule has 1 aliphatic heterocycles. The second kappa shape index (κ2) is 16.7. The van der Waals surface area contributed by atoms with Crippen molar-refractivity contribution in [3.8, 4) is 5.75 Å². The fourth-order valence-corrected chi connectivity index (χ4v) is 5.88. The van der Waals surface area contributed by atoms with Crippen LogP contribution in [0.2, 0.25) is 0 Å². The molecule has 1 fully saturated rings. The molecule has 11 nitrogen and oxygen atoms in total. The molecule has 246 valence electrons. The van der Waals surface area contributed by atoms with Crippen molar-refractivity contribution >= 4 is 17.8 Å². The summed E-state index contributed by atoms with van der Waals surface area (Å²) < 4.78 is 5.78. The van der Waals surface area contributed by atoms with Crippen LogP contribution in [0.3, 0.4) is 0 Å². The van der Waals surface area contributed by atoms with E-state index in [2.05, 4.69) is 25.9 Å². The highest BCUT2D eigenvalue weighted by Crippen LogP contribution is 2.20. The molecule has 0 bridgehead atoms. The topological polar surface area (TPSA) is 146 Å². The average Bonchev–Trinajstić information content (AvgIpc) is 3.02. The summed E-state index contributed by atoms with van der Waals surface area (Å²) in [5, 5.41) is 20.7. The molecule has 4 amide bonds. The molecule has 0 aliphatic carbocycles. The van der Waals surface area contributed by atoms with Crippen molar-refractivity contribution < 1.29 is 24.2 Å². The first-order chi connectivity index (χ1) is 22.1. The number of aromatic nitrogens is 2. The van der Waals surface area contributed by atoms with Gasteiger partial charge in [0.05, 0.1) is 23.5 Å². The highest BCUT2D eigenvalue weighted by atomic mass is 16.5. The Kier molecular flexibility index (Phi) is 12.5. The van der Waals surface area contributed by atoms with Crippen LogP contribution in [-0.4, -0.2) is 81.7 Å². The van der Waals surface area contributed by atoms with Crippen LogP contribution in [0.4, 0.5) is 4.79 Å². The number of carbonyl (C=O) groups excluding carboxylic acids is 3. The normalized spacial score (nSPS) is 15.8. The summed E-state index contributed by atoms with van der Waals surface area (Å²) in [6, 6.07) is 17.3. The van der Waals surface area contributed by atoms with Gasteiger partial charge in [0, 0.05) is 19.1 Å². The van der Waals surface area contributed by atoms with Gasteiger partial charge in [-0.25, -0.2) is 14.8 Å². The van der Waals surface area contributed by atoms with Crippen molar-refractivity contribution in [2.45, 2.75) is 77.6 Å². The Bertz CT molecular complexity index is 1420. The van der Waals surface area contributed by atoms with E-state index in [0.29, 0.717) is 43.1 Å². The van der Waals surface area contributed by atoms with Crippen molar-refractivity contribution in [3.05, 3.63) is 89.5 Å². The quantitative estimate of drug-likeness (QED) is 0.202. The minimum Gasteiger partial charge on any atom is -0.480 e. The second-order valence-corrected chi connectivity index (χ2v) is 12.2. The zero-order chi connectivity index (χ0) is 33.1. The summed E-state index contributed by atoms with van der Waals surface area (Å²) in [6.07, 6.45) is 2.18. The number of rotatable bonds is 15. The molecular weight excluding hydrogens is 584 g/mol. The van der Waals surface area contributed by atoms with E-state index in [0.717, 1.165) is 17.5 Å². The van der Waals surface area contributed by atoms with E-state index in [1.807, 2.05) is 74.5 Å². The molecule has 4 rings (SSSR count). The molecular formula is C35H46N6O5. The Hall–Kier alpha value is -4.51. The van der Waals surface area contributed by atoms with Crippen LogP contribution in [0.1, 0.15) is 49.2 Å². The molecule has 2 heterocycles. The van der Waals surface area contributed by atoms with E-state index in [1.165, 1.54) is 6.33 Å². The average molecular weight is 631 g/mol. The lowest BCUT2D eigenvalue weighted by Gasteiger charge is -2.37. The molecule has 3 aromatic rings. The van der Waals surface area contributed by atoms with Crippen LogP contribution < -0.4 is 20.7 Å². The molecule has 1 aromatic heterocycles. The minimum absolute atomic E-state index is 0.126. The number of benzene rings is 2. The Morgan fingerprint density at radius 2 is 1.57 bits per heavy atom. The molecule has 4 atom stereocenters. The van der Waals surface area contributed by atoms with E-state index in [9.17, 15) is 19.5 Å². The van der Waals surface area contributed by atoms with Gasteiger partial charge in [-0.05, 0) is 56.6 Å². The third kappa shape index (κ3) is 9.74. The van der Waals surface area contributed by atoms with E-state index < -0.39 is 30.1 Å². The van der Waals surface area contributed by atoms with Crippen LogP contribution in [0, 0.1) is 19.8 Å². The molecule has 1 saturated heterocycles. The Morgan fingerprint density at radius 1 is 0.957 bits per heavy atom. The highest BCUT2D eigenvalue weighted by Gasteiger charge is 2.35. The van der Waals surface area contributed by atoms with Crippen molar-refractivity contribution in [1.82, 2.24) is 30.8 Å². The van der Waals surface area contributed by atoms with Gasteiger partial charge in [-0.15, -0.1) is 0 Å². The van der Waals surface area contributed by atoms with Gasteiger partial charge in [-0.1, -0.05) is 74.5 Å². The van der Waals surface area contributed by atoms with E-state index in [4.69, 9.17) is 4.74 Å². The zero-order valence-corrected chi connectivity index (χ0v) is 27.1. The number of nitrogens with zero attached hydrogens (tertiary/aromatic N) is 3. The molecule has 11 heteroatoms. The first kappa shape index (κ1) is 34.4. The van der Waals surface area contributed by atoms with Crippen molar-refractivity contribution in [2.24, 2.45) is 5.92 Å². The largest absolute Gasteiger partial charge is 0.480 e. The number of hydrogen-bond acceptors (Lipinski definition) is 7. The number of aliphatic hydroxyl groups is 1. The van der Waals surface area contributed by atoms with Crippen LogP contribution >= 0.6 is 0 Å². The maximum absolute atomic E-state index is 13.8. The Balaban J connectivity index is 1.52. The lowest BCUT2D eigenvalue weighted by atomic mass is 9.92. The molecule has 0 saturated carbocycles. The molecule has 0 unspecified atom stereocenters. The number of ether oxygens (including phenoxy) is 1. The van der Waals surface area contributed by atoms with E-state index in [-0.39, 0.29) is 30.9 Å². The SMILES string of the molecule is Cc1ncnc(C)c1OCC(=O)N[C@@H](Cc1ccccc1)[C@@H](O)C[C@H](Cc1ccccc1)NC(=O)[C@H](C(C)C)N1CCCNC1=O. The maximum Gasteiger partial charge on any atom is 0.318 e. The van der Waals surface area contributed by atoms with Gasteiger partial charge in [-0.3, -0.25) is 9.59 Å². The predicted octanol–water partition coefficient (Wildman–Crippen LogP) is 3.12. The number of aryl methyl sites for hydroxylation is 2. The number of nitrogens with one attached hydrogen (secondary N) is 3. The third-order valence-electron chi connectivity index (χ3n) is 8.16. The molecule has 2 aromatic carbocycles. The van der Waals surface area contributed by atoms with Crippen molar-refractivity contribution in [3.63, 3.8) is 0 Å². The first-order valence-corrected chi connectivity index (χ1v) is 15.9. The first-order valence-electron chi connectivity index (χ1n) is 15.9. The second-order valence-electron chi connectivity index (χ2n) is 12.2. The van der Waals surface area contributed by atoms with Crippen molar-refractivity contribution in [1.29, 1.82) is 0 Å². The summed E-state index contributed by atoms with van der Waals surface area (Å²) in [5.74, 6) is -0.348. The van der Waals surface area contributed by atoms with Gasteiger partial charge in [0.2, 0.25) is 5.91 Å². The van der Waals surface area contributed by atoms with Gasteiger partial charge in [0.15, 0.2) is 12.4 Å². The fraction of sp³-hybridized carbons (Fsp3) is 0.457. The van der Waals surface area contributed by atoms with Crippen LogP contribution in [0.5, 0.6) is 5.75 Å². The van der Waals surface area contributed by atoms with Gasteiger partial charge >= 0.3 is 6.03 Å². The summed E-state index contributed by atoms with van der Waals surface area (Å²) in [5.41, 5.74) is 3.19. The van der Waals surface area contributed by atoms with Gasteiger partial charge in [0.25, 0.3) is 5.91 Å². The summed E-state index contributed by atoms with van der Waals surface area (Å²) in [6.45, 7) is 8.22. The summed E-state index contributed by atoms with van der Waals surface area (Å²) in [4.78, 5) is 49.5. The fourth-order valence-electron chi connectivity index (χ4n) is 5.88. The monoisotopic (exact) mass is 630 g/mol. The number of urea groups is 1. The Morgan fingerprint density at radius 3 is 2.15 bits per heavy atom. The van der Waals surface area contributed by atoms with Crippen LogP contribution in [-0.2, 0) is 22.4 Å². The molecule has 1 aliphatic rings. The Labute approximate surface area is 271 Å². The molecule has 0 radical (unpaired) electrons. The van der Waals surface area contributed by atoms with Gasteiger partial charge in [0.1, 0.15) is 12.4 Å². The van der Waals surface area contributed by atoms with E-state index >= 15 is 0 Å². The van der Waals surface area contributed by atoms with Crippen molar-refractivity contribution in [2.75, 3.05) is 19.7 Å². The van der Waals surface area contributed by atoms with Crippen LogP contribution in [0.15, 0.2) is 67.0 Å². The molecule has 4 N–H and O–H groups in total. The number of hydrogen-bond donors (Lipinski definition) is 4. The van der Waals surface area contributed by atoms with Crippen LogP contribution in [0.25, 0.3) is 0 Å².